The number of carbonyl (C=O) groups is 2. The molecule has 1 saturated carbocycles. The molecule has 1 aromatic carbocycles. The Morgan fingerprint density at radius 1 is 1.32 bits per heavy atom. The Bertz CT molecular complexity index is 1310. The van der Waals surface area contributed by atoms with E-state index in [0.717, 1.165) is 17.3 Å². The summed E-state index contributed by atoms with van der Waals surface area (Å²) in [6.07, 6.45) is 8.85. The molecule has 0 aliphatic heterocycles. The molecule has 0 radical (unpaired) electrons. The minimum atomic E-state index is -0.316. The van der Waals surface area contributed by atoms with Gasteiger partial charge in [0.05, 0.1) is 30.4 Å². The van der Waals surface area contributed by atoms with Crippen LogP contribution in [0.2, 0.25) is 0 Å². The second kappa shape index (κ2) is 7.50. The highest BCUT2D eigenvalue weighted by Gasteiger charge is 2.28. The van der Waals surface area contributed by atoms with Crippen LogP contribution in [0.3, 0.4) is 0 Å². The number of anilines is 1. The summed E-state index contributed by atoms with van der Waals surface area (Å²) in [6, 6.07) is 5.49. The molecular formula is C22H22N6O3. The van der Waals surface area contributed by atoms with Crippen molar-refractivity contribution in [1.82, 2.24) is 24.4 Å². The summed E-state index contributed by atoms with van der Waals surface area (Å²) in [5.41, 5.74) is 2.22. The standard InChI is InChI=1S/C22H22N6O3/c1-13-8-15(29)4-5-19(13)28-12-14-9-16(20(31-2)10-17(14)26-28)22(30)25-18-11-24-27-7-3-6-23-21(18)27/h3,6-7,9-13,19H,4-5,8H2,1-2H3,(H,25,30)/t13-,19?/m1/s1. The lowest BCUT2D eigenvalue weighted by Gasteiger charge is -2.28. The van der Waals surface area contributed by atoms with E-state index in [1.165, 1.54) is 7.11 Å². The molecule has 31 heavy (non-hydrogen) atoms. The molecule has 1 aliphatic rings. The monoisotopic (exact) mass is 418 g/mol. The Kier molecular flexibility index (Phi) is 4.65. The van der Waals surface area contributed by atoms with Crippen LogP contribution in [0.1, 0.15) is 42.6 Å². The number of carbonyl (C=O) groups excluding carboxylic acids is 2. The maximum Gasteiger partial charge on any atom is 0.259 e. The van der Waals surface area contributed by atoms with Crippen molar-refractivity contribution < 1.29 is 14.3 Å². The summed E-state index contributed by atoms with van der Waals surface area (Å²) in [4.78, 5) is 29.1. The van der Waals surface area contributed by atoms with Gasteiger partial charge in [0.15, 0.2) is 5.65 Å². The van der Waals surface area contributed by atoms with E-state index in [4.69, 9.17) is 9.84 Å². The van der Waals surface area contributed by atoms with Crippen LogP contribution in [0.15, 0.2) is 43.0 Å². The molecule has 1 aliphatic carbocycles. The first kappa shape index (κ1) is 19.2. The first-order valence-electron chi connectivity index (χ1n) is 10.2. The van der Waals surface area contributed by atoms with E-state index in [1.54, 1.807) is 41.3 Å². The number of amides is 1. The van der Waals surface area contributed by atoms with Crippen LogP contribution in [0, 0.1) is 5.92 Å². The molecule has 3 heterocycles. The third-order valence-electron chi connectivity index (χ3n) is 5.88. The Labute approximate surface area is 178 Å². The molecule has 158 valence electrons. The lowest BCUT2D eigenvalue weighted by molar-refractivity contribution is -0.122. The second-order valence-corrected chi connectivity index (χ2v) is 7.95. The quantitative estimate of drug-likeness (QED) is 0.546. The minimum absolute atomic E-state index is 0.165. The number of methoxy groups -OCH3 is 1. The van der Waals surface area contributed by atoms with Crippen LogP contribution in [-0.4, -0.2) is 43.2 Å². The molecule has 4 aromatic rings. The lowest BCUT2D eigenvalue weighted by Crippen LogP contribution is -2.26. The molecule has 5 rings (SSSR count). The molecule has 0 bridgehead atoms. The first-order valence-corrected chi connectivity index (χ1v) is 10.2. The largest absolute Gasteiger partial charge is 0.496 e. The number of hydrogen-bond donors (Lipinski definition) is 1. The van der Waals surface area contributed by atoms with Crippen molar-refractivity contribution in [2.24, 2.45) is 5.92 Å². The maximum absolute atomic E-state index is 13.1. The highest BCUT2D eigenvalue weighted by molar-refractivity contribution is 6.09. The van der Waals surface area contributed by atoms with Gasteiger partial charge in [-0.15, -0.1) is 0 Å². The van der Waals surface area contributed by atoms with Crippen LogP contribution in [0.25, 0.3) is 16.6 Å². The fourth-order valence-electron chi connectivity index (χ4n) is 4.28. The molecule has 1 amide bonds. The van der Waals surface area contributed by atoms with Gasteiger partial charge in [-0.25, -0.2) is 9.50 Å². The van der Waals surface area contributed by atoms with E-state index in [9.17, 15) is 9.59 Å². The average molecular weight is 418 g/mol. The van der Waals surface area contributed by atoms with Crippen LogP contribution in [0.5, 0.6) is 5.75 Å². The van der Waals surface area contributed by atoms with Crippen LogP contribution >= 0.6 is 0 Å². The normalized spacial score (nSPS) is 19.1. The van der Waals surface area contributed by atoms with E-state index in [0.29, 0.717) is 41.3 Å². The smallest absolute Gasteiger partial charge is 0.259 e. The number of fused-ring (bicyclic) bond motifs is 2. The van der Waals surface area contributed by atoms with Crippen molar-refractivity contribution in [3.8, 4) is 5.75 Å². The summed E-state index contributed by atoms with van der Waals surface area (Å²) in [6.45, 7) is 2.08. The topological polar surface area (TPSA) is 103 Å². The number of aromatic nitrogens is 5. The predicted octanol–water partition coefficient (Wildman–Crippen LogP) is 3.27. The Morgan fingerprint density at radius 3 is 3.00 bits per heavy atom. The van der Waals surface area contributed by atoms with E-state index >= 15 is 0 Å². The molecule has 1 unspecified atom stereocenters. The van der Waals surface area contributed by atoms with Crippen LogP contribution in [0.4, 0.5) is 5.69 Å². The van der Waals surface area contributed by atoms with Crippen LogP contribution < -0.4 is 10.1 Å². The molecule has 1 fully saturated rings. The molecule has 3 aromatic heterocycles. The molecule has 0 saturated heterocycles. The number of nitrogens with zero attached hydrogens (tertiary/aromatic N) is 5. The van der Waals surface area contributed by atoms with Gasteiger partial charge in [0, 0.05) is 42.9 Å². The van der Waals surface area contributed by atoms with Gasteiger partial charge in [-0.1, -0.05) is 6.92 Å². The highest BCUT2D eigenvalue weighted by Crippen LogP contribution is 2.34. The summed E-state index contributed by atoms with van der Waals surface area (Å²) >= 11 is 0. The maximum atomic E-state index is 13.1. The van der Waals surface area contributed by atoms with Crippen molar-refractivity contribution in [2.75, 3.05) is 12.4 Å². The van der Waals surface area contributed by atoms with Gasteiger partial charge in [-0.2, -0.15) is 10.2 Å². The fraction of sp³-hybridized carbons (Fsp3) is 0.318. The molecule has 2 atom stereocenters. The van der Waals surface area contributed by atoms with Gasteiger partial charge in [0.25, 0.3) is 5.91 Å². The third-order valence-corrected chi connectivity index (χ3v) is 5.88. The molecule has 0 spiro atoms. The number of nitrogens with one attached hydrogen (secondary N) is 1. The van der Waals surface area contributed by atoms with E-state index in [2.05, 4.69) is 22.3 Å². The van der Waals surface area contributed by atoms with Gasteiger partial charge in [0.1, 0.15) is 17.2 Å². The van der Waals surface area contributed by atoms with Crippen molar-refractivity contribution in [3.63, 3.8) is 0 Å². The average Bonchev–Trinajstić information content (AvgIpc) is 3.36. The van der Waals surface area contributed by atoms with Gasteiger partial charge < -0.3 is 10.1 Å². The highest BCUT2D eigenvalue weighted by atomic mass is 16.5. The zero-order valence-electron chi connectivity index (χ0n) is 17.3. The molecule has 1 N–H and O–H groups in total. The SMILES string of the molecule is COc1cc2nn(C3CCC(=O)C[C@H]3C)cc2cc1C(=O)Nc1cnn2cccnc12. The summed E-state index contributed by atoms with van der Waals surface area (Å²) < 4.78 is 9.00. The Morgan fingerprint density at radius 2 is 2.19 bits per heavy atom. The molecule has 9 heteroatoms. The van der Waals surface area contributed by atoms with Crippen LogP contribution in [-0.2, 0) is 4.79 Å². The summed E-state index contributed by atoms with van der Waals surface area (Å²) in [5.74, 6) is 0.654. The fourth-order valence-corrected chi connectivity index (χ4v) is 4.28. The number of Topliss-reactive ketones (excluding diaryl/α,β-unsaturated/α-hetero) is 1. The van der Waals surface area contributed by atoms with E-state index < -0.39 is 0 Å². The lowest BCUT2D eigenvalue weighted by atomic mass is 9.85. The molecular weight excluding hydrogens is 396 g/mol. The Balaban J connectivity index is 1.48. The van der Waals surface area contributed by atoms with Gasteiger partial charge in [-0.05, 0) is 24.5 Å². The summed E-state index contributed by atoms with van der Waals surface area (Å²) in [7, 11) is 1.53. The Hall–Kier alpha value is -3.75. The van der Waals surface area contributed by atoms with Crippen molar-refractivity contribution in [2.45, 2.75) is 32.2 Å². The summed E-state index contributed by atoms with van der Waals surface area (Å²) in [5, 5.41) is 12.6. The molecule has 9 nitrogen and oxygen atoms in total. The third kappa shape index (κ3) is 3.41. The first-order chi connectivity index (χ1) is 15.0. The minimum Gasteiger partial charge on any atom is -0.496 e. The zero-order valence-corrected chi connectivity index (χ0v) is 17.3. The van der Waals surface area contributed by atoms with Crippen molar-refractivity contribution in [1.29, 1.82) is 0 Å². The predicted molar refractivity (Wildman–Crippen MR) is 114 cm³/mol. The van der Waals surface area contributed by atoms with Crippen molar-refractivity contribution >= 4 is 33.9 Å². The zero-order chi connectivity index (χ0) is 21.5. The van der Waals surface area contributed by atoms with Gasteiger partial charge in [0.2, 0.25) is 0 Å². The number of ether oxygens (including phenoxy) is 1. The van der Waals surface area contributed by atoms with Gasteiger partial charge >= 0.3 is 0 Å². The van der Waals surface area contributed by atoms with Gasteiger partial charge in [-0.3, -0.25) is 14.3 Å². The number of hydrogen-bond acceptors (Lipinski definition) is 6. The number of benzene rings is 1. The van der Waals surface area contributed by atoms with Crippen molar-refractivity contribution in [3.05, 3.63) is 48.5 Å². The van der Waals surface area contributed by atoms with E-state index in [1.807, 2.05) is 10.9 Å². The second-order valence-electron chi connectivity index (χ2n) is 7.95. The number of ketones is 1. The van der Waals surface area contributed by atoms with E-state index in [-0.39, 0.29) is 17.9 Å². The number of rotatable bonds is 4.